The number of carbonyl (C=O) groups excluding carboxylic acids is 1. The topological polar surface area (TPSA) is 75.7 Å². The van der Waals surface area contributed by atoms with E-state index in [1.54, 1.807) is 54.6 Å². The summed E-state index contributed by atoms with van der Waals surface area (Å²) in [4.78, 5) is 12.7. The van der Waals surface area contributed by atoms with Gasteiger partial charge in [-0.25, -0.2) is 8.42 Å². The van der Waals surface area contributed by atoms with Crippen molar-refractivity contribution in [2.75, 3.05) is 22.8 Å². The van der Waals surface area contributed by atoms with Crippen LogP contribution >= 0.6 is 11.6 Å². The molecule has 0 aliphatic rings. The van der Waals surface area contributed by atoms with Gasteiger partial charge in [-0.05, 0) is 49.4 Å². The molecule has 0 aliphatic heterocycles. The van der Waals surface area contributed by atoms with Crippen LogP contribution in [0.4, 0.5) is 11.4 Å². The van der Waals surface area contributed by atoms with E-state index in [4.69, 9.17) is 16.3 Å². The zero-order valence-electron chi connectivity index (χ0n) is 17.5. The van der Waals surface area contributed by atoms with Crippen molar-refractivity contribution in [2.24, 2.45) is 0 Å². The molecule has 3 aromatic rings. The standard InChI is InChI=1S/C24H23ClN2O4S/c1-3-16-27(19-10-6-5-7-11-19)32(29,30)23-17-18(14-15-20(23)25)24(28)26-21-12-8-9-13-22(21)31-4-2/h3,5-15,17H,1,4,16H2,2H3,(H,26,28). The fourth-order valence-electron chi connectivity index (χ4n) is 3.06. The number of benzene rings is 3. The van der Waals surface area contributed by atoms with E-state index in [0.29, 0.717) is 23.7 Å². The van der Waals surface area contributed by atoms with Gasteiger partial charge in [-0.1, -0.05) is 48.0 Å². The van der Waals surface area contributed by atoms with Crippen molar-refractivity contribution in [3.05, 3.63) is 96.0 Å². The van der Waals surface area contributed by atoms with Crippen LogP contribution in [0.1, 0.15) is 17.3 Å². The second-order valence-electron chi connectivity index (χ2n) is 6.69. The molecule has 3 aromatic carbocycles. The van der Waals surface area contributed by atoms with Gasteiger partial charge in [-0.15, -0.1) is 6.58 Å². The summed E-state index contributed by atoms with van der Waals surface area (Å²) < 4.78 is 33.6. The van der Waals surface area contributed by atoms with Crippen LogP contribution in [-0.2, 0) is 10.0 Å². The maximum absolute atomic E-state index is 13.5. The van der Waals surface area contributed by atoms with Gasteiger partial charge >= 0.3 is 0 Å². The molecule has 0 bridgehead atoms. The lowest BCUT2D eigenvalue weighted by atomic mass is 10.2. The summed E-state index contributed by atoms with van der Waals surface area (Å²) in [7, 11) is -4.07. The van der Waals surface area contributed by atoms with Crippen LogP contribution in [0.15, 0.2) is 90.3 Å². The normalized spacial score (nSPS) is 10.9. The lowest BCUT2D eigenvalue weighted by Crippen LogP contribution is -2.31. The van der Waals surface area contributed by atoms with E-state index in [9.17, 15) is 13.2 Å². The van der Waals surface area contributed by atoms with Gasteiger partial charge in [0.25, 0.3) is 15.9 Å². The number of para-hydroxylation sites is 3. The fourth-order valence-corrected chi connectivity index (χ4v) is 5.00. The molecule has 0 atom stereocenters. The minimum atomic E-state index is -4.07. The highest BCUT2D eigenvalue weighted by molar-refractivity contribution is 7.93. The predicted octanol–water partition coefficient (Wildman–Crippen LogP) is 5.37. The third-order valence-electron chi connectivity index (χ3n) is 4.54. The van der Waals surface area contributed by atoms with E-state index < -0.39 is 15.9 Å². The fraction of sp³-hybridized carbons (Fsp3) is 0.125. The van der Waals surface area contributed by atoms with Crippen LogP contribution < -0.4 is 14.4 Å². The van der Waals surface area contributed by atoms with E-state index in [1.807, 2.05) is 6.92 Å². The van der Waals surface area contributed by atoms with Crippen LogP contribution in [0.3, 0.4) is 0 Å². The SMILES string of the molecule is C=CCN(c1ccccc1)S(=O)(=O)c1cc(C(=O)Nc2ccccc2OCC)ccc1Cl. The van der Waals surface area contributed by atoms with Gasteiger partial charge in [0, 0.05) is 5.56 Å². The van der Waals surface area contributed by atoms with Crippen molar-refractivity contribution in [2.45, 2.75) is 11.8 Å². The Labute approximate surface area is 193 Å². The third kappa shape index (κ3) is 5.12. The average Bonchev–Trinajstić information content (AvgIpc) is 2.79. The molecule has 6 nitrogen and oxygen atoms in total. The summed E-state index contributed by atoms with van der Waals surface area (Å²) in [6.07, 6.45) is 1.49. The number of hydrogen-bond acceptors (Lipinski definition) is 4. The predicted molar refractivity (Wildman–Crippen MR) is 128 cm³/mol. The van der Waals surface area contributed by atoms with Gasteiger partial charge in [0.05, 0.1) is 29.5 Å². The molecule has 0 aliphatic carbocycles. The molecule has 0 radical (unpaired) electrons. The van der Waals surface area contributed by atoms with Crippen LogP contribution in [0.25, 0.3) is 0 Å². The first-order valence-electron chi connectivity index (χ1n) is 9.90. The minimum Gasteiger partial charge on any atom is -0.492 e. The maximum atomic E-state index is 13.5. The molecule has 0 saturated heterocycles. The maximum Gasteiger partial charge on any atom is 0.266 e. The molecule has 0 unspecified atom stereocenters. The van der Waals surface area contributed by atoms with Crippen LogP contribution in [0.5, 0.6) is 5.75 Å². The van der Waals surface area contributed by atoms with Crippen molar-refractivity contribution >= 4 is 38.9 Å². The second kappa shape index (κ2) is 10.3. The summed E-state index contributed by atoms with van der Waals surface area (Å²) in [5, 5.41) is 2.78. The molecule has 0 aromatic heterocycles. The van der Waals surface area contributed by atoms with Gasteiger partial charge in [0.15, 0.2) is 0 Å². The number of ether oxygens (including phenoxy) is 1. The van der Waals surface area contributed by atoms with Gasteiger partial charge in [-0.3, -0.25) is 9.10 Å². The number of nitrogens with one attached hydrogen (secondary N) is 1. The van der Waals surface area contributed by atoms with Crippen molar-refractivity contribution in [3.8, 4) is 5.75 Å². The summed E-state index contributed by atoms with van der Waals surface area (Å²) in [5.74, 6) is 0.0339. The van der Waals surface area contributed by atoms with Crippen molar-refractivity contribution in [1.29, 1.82) is 0 Å². The summed E-state index contributed by atoms with van der Waals surface area (Å²) >= 11 is 6.26. The van der Waals surface area contributed by atoms with E-state index in [2.05, 4.69) is 11.9 Å². The Bertz CT molecular complexity index is 1210. The Morgan fingerprint density at radius 2 is 1.78 bits per heavy atom. The van der Waals surface area contributed by atoms with Gasteiger partial charge in [0.1, 0.15) is 10.6 Å². The van der Waals surface area contributed by atoms with Crippen LogP contribution in [-0.4, -0.2) is 27.5 Å². The summed E-state index contributed by atoms with van der Waals surface area (Å²) in [6, 6.07) is 19.8. The van der Waals surface area contributed by atoms with Gasteiger partial charge in [0.2, 0.25) is 0 Å². The van der Waals surface area contributed by atoms with Crippen LogP contribution in [0.2, 0.25) is 5.02 Å². The molecule has 166 valence electrons. The average molecular weight is 471 g/mol. The molecule has 8 heteroatoms. The Morgan fingerprint density at radius 3 is 2.47 bits per heavy atom. The first kappa shape index (κ1) is 23.4. The molecule has 1 N–H and O–H groups in total. The first-order chi connectivity index (χ1) is 15.4. The zero-order valence-corrected chi connectivity index (χ0v) is 19.1. The number of carbonyl (C=O) groups is 1. The smallest absolute Gasteiger partial charge is 0.266 e. The van der Waals surface area contributed by atoms with E-state index >= 15 is 0 Å². The Morgan fingerprint density at radius 1 is 1.09 bits per heavy atom. The molecular formula is C24H23ClN2O4S. The molecular weight excluding hydrogens is 448 g/mol. The zero-order chi connectivity index (χ0) is 23.1. The van der Waals surface area contributed by atoms with E-state index in [1.165, 1.54) is 28.6 Å². The second-order valence-corrected chi connectivity index (χ2v) is 8.93. The molecule has 0 fully saturated rings. The Kier molecular flexibility index (Phi) is 7.56. The number of halogens is 1. The first-order valence-corrected chi connectivity index (χ1v) is 11.7. The minimum absolute atomic E-state index is 0.0151. The summed E-state index contributed by atoms with van der Waals surface area (Å²) in [6.45, 7) is 5.98. The highest BCUT2D eigenvalue weighted by Gasteiger charge is 2.27. The lowest BCUT2D eigenvalue weighted by molar-refractivity contribution is 0.102. The number of hydrogen-bond donors (Lipinski definition) is 1. The van der Waals surface area contributed by atoms with Gasteiger partial charge < -0.3 is 10.1 Å². The summed E-state index contributed by atoms with van der Waals surface area (Å²) in [5.41, 5.74) is 1.09. The molecule has 0 heterocycles. The van der Waals surface area contributed by atoms with Crippen molar-refractivity contribution in [3.63, 3.8) is 0 Å². The number of rotatable bonds is 9. The number of sulfonamides is 1. The van der Waals surface area contributed by atoms with Crippen LogP contribution in [0, 0.1) is 0 Å². The molecule has 0 saturated carbocycles. The van der Waals surface area contributed by atoms with Crippen molar-refractivity contribution in [1.82, 2.24) is 0 Å². The molecule has 3 rings (SSSR count). The highest BCUT2D eigenvalue weighted by atomic mass is 35.5. The lowest BCUT2D eigenvalue weighted by Gasteiger charge is -2.24. The monoisotopic (exact) mass is 470 g/mol. The molecule has 32 heavy (non-hydrogen) atoms. The third-order valence-corrected chi connectivity index (χ3v) is 6.81. The number of amides is 1. The quantitative estimate of drug-likeness (QED) is 0.426. The number of nitrogens with zero attached hydrogens (tertiary/aromatic N) is 1. The van der Waals surface area contributed by atoms with E-state index in [0.717, 1.165) is 0 Å². The number of anilines is 2. The largest absolute Gasteiger partial charge is 0.492 e. The molecule has 1 amide bonds. The Balaban J connectivity index is 1.97. The van der Waals surface area contributed by atoms with Crippen molar-refractivity contribution < 1.29 is 17.9 Å². The van der Waals surface area contributed by atoms with Gasteiger partial charge in [-0.2, -0.15) is 0 Å². The highest BCUT2D eigenvalue weighted by Crippen LogP contribution is 2.30. The Hall–Kier alpha value is -3.29. The van der Waals surface area contributed by atoms with E-state index in [-0.39, 0.29) is 22.0 Å². The molecule has 0 spiro atoms.